The molecule has 0 aliphatic carbocycles. The van der Waals surface area contributed by atoms with Crippen molar-refractivity contribution in [3.63, 3.8) is 0 Å². The van der Waals surface area contributed by atoms with Crippen LogP contribution in [0.25, 0.3) is 10.2 Å². The van der Waals surface area contributed by atoms with Gasteiger partial charge in [0, 0.05) is 0 Å². The summed E-state index contributed by atoms with van der Waals surface area (Å²) >= 11 is 1.56. The van der Waals surface area contributed by atoms with Crippen LogP contribution in [0.4, 0.5) is 0 Å². The van der Waals surface area contributed by atoms with E-state index >= 15 is 0 Å². The van der Waals surface area contributed by atoms with Crippen LogP contribution in [0.1, 0.15) is 24.4 Å². The lowest BCUT2D eigenvalue weighted by Crippen LogP contribution is -2.14. The maximum absolute atomic E-state index is 9.81. The molecule has 0 fully saturated rings. The first kappa shape index (κ1) is 9.62. The van der Waals surface area contributed by atoms with Crippen LogP contribution in [0.5, 0.6) is 0 Å². The summed E-state index contributed by atoms with van der Waals surface area (Å²) in [7, 11) is 0. The van der Waals surface area contributed by atoms with Crippen LogP contribution in [0, 0.1) is 6.92 Å². The SMILES string of the molecule is Cc1ccc2nc(C(C)(C)O)sc2c1. The molecule has 1 heterocycles. The maximum Gasteiger partial charge on any atom is 0.125 e. The zero-order valence-corrected chi connectivity index (χ0v) is 9.35. The topological polar surface area (TPSA) is 33.1 Å². The molecule has 0 saturated heterocycles. The van der Waals surface area contributed by atoms with Crippen molar-refractivity contribution in [1.29, 1.82) is 0 Å². The minimum Gasteiger partial charge on any atom is -0.383 e. The van der Waals surface area contributed by atoms with Crippen LogP contribution in [0.3, 0.4) is 0 Å². The van der Waals surface area contributed by atoms with Crippen molar-refractivity contribution in [3.8, 4) is 0 Å². The molecule has 0 saturated carbocycles. The van der Waals surface area contributed by atoms with E-state index in [0.717, 1.165) is 15.2 Å². The molecule has 0 spiro atoms. The molecule has 0 unspecified atom stereocenters. The molecule has 2 nitrogen and oxygen atoms in total. The van der Waals surface area contributed by atoms with Gasteiger partial charge in [0.15, 0.2) is 0 Å². The number of aromatic nitrogens is 1. The van der Waals surface area contributed by atoms with Gasteiger partial charge in [-0.25, -0.2) is 4.98 Å². The van der Waals surface area contributed by atoms with E-state index in [-0.39, 0.29) is 0 Å². The summed E-state index contributed by atoms with van der Waals surface area (Å²) in [5.41, 5.74) is 1.36. The first-order chi connectivity index (χ1) is 6.47. The molecule has 0 radical (unpaired) electrons. The van der Waals surface area contributed by atoms with Gasteiger partial charge < -0.3 is 5.11 Å². The van der Waals surface area contributed by atoms with Gasteiger partial charge in [-0.15, -0.1) is 11.3 Å². The van der Waals surface area contributed by atoms with E-state index in [9.17, 15) is 5.11 Å². The van der Waals surface area contributed by atoms with Gasteiger partial charge >= 0.3 is 0 Å². The summed E-state index contributed by atoms with van der Waals surface area (Å²) < 4.78 is 1.14. The van der Waals surface area contributed by atoms with Gasteiger partial charge in [-0.05, 0) is 38.5 Å². The smallest absolute Gasteiger partial charge is 0.125 e. The average Bonchev–Trinajstić information content (AvgIpc) is 2.45. The van der Waals surface area contributed by atoms with E-state index in [1.54, 1.807) is 25.2 Å². The van der Waals surface area contributed by atoms with Gasteiger partial charge in [0.2, 0.25) is 0 Å². The number of rotatable bonds is 1. The van der Waals surface area contributed by atoms with E-state index in [2.05, 4.69) is 18.0 Å². The molecule has 0 bridgehead atoms. The maximum atomic E-state index is 9.81. The summed E-state index contributed by atoms with van der Waals surface area (Å²) in [5.74, 6) is 0. The Morgan fingerprint density at radius 3 is 2.71 bits per heavy atom. The summed E-state index contributed by atoms with van der Waals surface area (Å²) in [5, 5.41) is 10.6. The van der Waals surface area contributed by atoms with Gasteiger partial charge in [-0.2, -0.15) is 0 Å². The van der Waals surface area contributed by atoms with E-state index in [4.69, 9.17) is 0 Å². The minimum atomic E-state index is -0.836. The summed E-state index contributed by atoms with van der Waals surface area (Å²) in [6.07, 6.45) is 0. The van der Waals surface area contributed by atoms with Crippen molar-refractivity contribution in [2.45, 2.75) is 26.4 Å². The number of benzene rings is 1. The molecule has 2 aromatic rings. The molecule has 1 aromatic carbocycles. The molecule has 74 valence electrons. The third-order valence-electron chi connectivity index (χ3n) is 2.07. The Morgan fingerprint density at radius 1 is 1.36 bits per heavy atom. The lowest BCUT2D eigenvalue weighted by molar-refractivity contribution is 0.0785. The Morgan fingerprint density at radius 2 is 2.07 bits per heavy atom. The second-order valence-corrected chi connectivity index (χ2v) is 5.08. The largest absolute Gasteiger partial charge is 0.383 e. The standard InChI is InChI=1S/C11H13NOS/c1-7-4-5-8-9(6-7)14-10(12-8)11(2,3)13/h4-6,13H,1-3H3. The van der Waals surface area contributed by atoms with Crippen molar-refractivity contribution in [2.24, 2.45) is 0 Å². The Balaban J connectivity index is 2.63. The second kappa shape index (κ2) is 3.04. The van der Waals surface area contributed by atoms with Crippen molar-refractivity contribution >= 4 is 21.6 Å². The van der Waals surface area contributed by atoms with Crippen LogP contribution >= 0.6 is 11.3 Å². The molecule has 0 aliphatic heterocycles. The van der Waals surface area contributed by atoms with Crippen molar-refractivity contribution in [3.05, 3.63) is 28.8 Å². The lowest BCUT2D eigenvalue weighted by atomic mass is 10.1. The first-order valence-electron chi connectivity index (χ1n) is 4.57. The normalized spacial score (nSPS) is 12.3. The average molecular weight is 207 g/mol. The predicted octanol–water partition coefficient (Wildman–Crippen LogP) is 2.83. The van der Waals surface area contributed by atoms with Crippen LogP contribution in [0.15, 0.2) is 18.2 Å². The number of hydrogen-bond donors (Lipinski definition) is 1. The highest BCUT2D eigenvalue weighted by molar-refractivity contribution is 7.18. The predicted molar refractivity (Wildman–Crippen MR) is 59.6 cm³/mol. The zero-order chi connectivity index (χ0) is 10.3. The Kier molecular flexibility index (Phi) is 2.09. The highest BCUT2D eigenvalue weighted by Crippen LogP contribution is 2.29. The van der Waals surface area contributed by atoms with Gasteiger partial charge in [-0.1, -0.05) is 6.07 Å². The Bertz CT molecular complexity index is 468. The fourth-order valence-corrected chi connectivity index (χ4v) is 2.36. The highest BCUT2D eigenvalue weighted by atomic mass is 32.1. The van der Waals surface area contributed by atoms with Crippen LogP contribution in [0.2, 0.25) is 0 Å². The lowest BCUT2D eigenvalue weighted by Gasteiger charge is -2.11. The molecule has 14 heavy (non-hydrogen) atoms. The zero-order valence-electron chi connectivity index (χ0n) is 8.53. The molecule has 0 amide bonds. The summed E-state index contributed by atoms with van der Waals surface area (Å²) in [6.45, 7) is 5.58. The van der Waals surface area contributed by atoms with E-state index in [0.29, 0.717) is 0 Å². The van der Waals surface area contributed by atoms with E-state index in [1.165, 1.54) is 5.56 Å². The molecule has 0 aliphatic rings. The van der Waals surface area contributed by atoms with Crippen LogP contribution in [-0.4, -0.2) is 10.1 Å². The van der Waals surface area contributed by atoms with Gasteiger partial charge in [0.1, 0.15) is 10.6 Å². The number of aryl methyl sites for hydroxylation is 1. The molecular weight excluding hydrogens is 194 g/mol. The van der Waals surface area contributed by atoms with Crippen LogP contribution in [-0.2, 0) is 5.60 Å². The Hall–Kier alpha value is -0.930. The fourth-order valence-electron chi connectivity index (χ4n) is 1.29. The number of fused-ring (bicyclic) bond motifs is 1. The molecule has 2 rings (SSSR count). The number of aliphatic hydroxyl groups is 1. The third kappa shape index (κ3) is 1.65. The van der Waals surface area contributed by atoms with Gasteiger partial charge in [0.05, 0.1) is 10.2 Å². The molecule has 0 atom stereocenters. The van der Waals surface area contributed by atoms with E-state index < -0.39 is 5.60 Å². The van der Waals surface area contributed by atoms with Gasteiger partial charge in [-0.3, -0.25) is 0 Å². The summed E-state index contributed by atoms with van der Waals surface area (Å²) in [6, 6.07) is 6.13. The molecule has 3 heteroatoms. The van der Waals surface area contributed by atoms with Gasteiger partial charge in [0.25, 0.3) is 0 Å². The number of thiazole rings is 1. The first-order valence-corrected chi connectivity index (χ1v) is 5.38. The van der Waals surface area contributed by atoms with Crippen molar-refractivity contribution in [2.75, 3.05) is 0 Å². The van der Waals surface area contributed by atoms with Crippen molar-refractivity contribution in [1.82, 2.24) is 4.98 Å². The monoisotopic (exact) mass is 207 g/mol. The molecule has 1 N–H and O–H groups in total. The van der Waals surface area contributed by atoms with Crippen LogP contribution < -0.4 is 0 Å². The summed E-state index contributed by atoms with van der Waals surface area (Å²) in [4.78, 5) is 4.39. The molecular formula is C11H13NOS. The minimum absolute atomic E-state index is 0.776. The Labute approximate surface area is 87.2 Å². The number of nitrogens with zero attached hydrogens (tertiary/aromatic N) is 1. The molecule has 1 aromatic heterocycles. The highest BCUT2D eigenvalue weighted by Gasteiger charge is 2.20. The third-order valence-corrected chi connectivity index (χ3v) is 3.40. The quantitative estimate of drug-likeness (QED) is 0.780. The van der Waals surface area contributed by atoms with E-state index in [1.807, 2.05) is 12.1 Å². The second-order valence-electron chi connectivity index (χ2n) is 4.05. The number of hydrogen-bond acceptors (Lipinski definition) is 3. The van der Waals surface area contributed by atoms with Crippen molar-refractivity contribution < 1.29 is 5.11 Å². The fraction of sp³-hybridized carbons (Fsp3) is 0.364.